The minimum Gasteiger partial charge on any atom is -0.496 e. The molecule has 0 aromatic heterocycles. The van der Waals surface area contributed by atoms with Gasteiger partial charge < -0.3 is 10.1 Å². The third-order valence-electron chi connectivity index (χ3n) is 5.86. The van der Waals surface area contributed by atoms with Crippen LogP contribution in [-0.4, -0.2) is 43.6 Å². The van der Waals surface area contributed by atoms with E-state index in [0.717, 1.165) is 19.3 Å². The van der Waals surface area contributed by atoms with E-state index in [9.17, 15) is 18.0 Å². The van der Waals surface area contributed by atoms with E-state index >= 15 is 0 Å². The van der Waals surface area contributed by atoms with Gasteiger partial charge in [-0.1, -0.05) is 6.42 Å². The van der Waals surface area contributed by atoms with Gasteiger partial charge in [0.15, 0.2) is 5.78 Å². The molecule has 0 aliphatic carbocycles. The van der Waals surface area contributed by atoms with Crippen LogP contribution in [0, 0.1) is 0 Å². The van der Waals surface area contributed by atoms with Crippen LogP contribution in [0.4, 0.5) is 5.69 Å². The van der Waals surface area contributed by atoms with Gasteiger partial charge in [-0.2, -0.15) is 4.31 Å². The van der Waals surface area contributed by atoms with Crippen molar-refractivity contribution in [2.75, 3.05) is 12.4 Å². The largest absolute Gasteiger partial charge is 0.496 e. The Morgan fingerprint density at radius 3 is 2.25 bits per heavy atom. The highest BCUT2D eigenvalue weighted by molar-refractivity contribution is 7.89. The minimum atomic E-state index is -3.60. The van der Waals surface area contributed by atoms with Gasteiger partial charge in [0.25, 0.3) is 0 Å². The first-order valence-corrected chi connectivity index (χ1v) is 12.2. The van der Waals surface area contributed by atoms with Crippen molar-refractivity contribution >= 4 is 27.4 Å². The number of benzene rings is 2. The Labute approximate surface area is 189 Å². The number of nitrogens with one attached hydrogen (secondary N) is 1. The monoisotopic (exact) mass is 458 g/mol. The number of rotatable bonds is 7. The molecular formula is C24H30N2O5S. The number of Topliss-reactive ketones (excluding diaryl/α,β-unsaturated/α-hetero) is 1. The van der Waals surface area contributed by atoms with Crippen molar-refractivity contribution in [2.45, 2.75) is 63.4 Å². The minimum absolute atomic E-state index is 0.0210. The van der Waals surface area contributed by atoms with E-state index in [2.05, 4.69) is 5.32 Å². The summed E-state index contributed by atoms with van der Waals surface area (Å²) in [7, 11) is -2.10. The fourth-order valence-corrected chi connectivity index (χ4v) is 6.10. The van der Waals surface area contributed by atoms with Gasteiger partial charge in [-0.05, 0) is 76.1 Å². The van der Waals surface area contributed by atoms with Crippen molar-refractivity contribution in [1.29, 1.82) is 0 Å². The van der Waals surface area contributed by atoms with Crippen LogP contribution in [0.3, 0.4) is 0 Å². The van der Waals surface area contributed by atoms with Crippen LogP contribution >= 0.6 is 0 Å². The number of sulfonamides is 1. The highest BCUT2D eigenvalue weighted by Crippen LogP contribution is 2.30. The summed E-state index contributed by atoms with van der Waals surface area (Å²) in [6.07, 6.45) is 2.75. The first-order valence-electron chi connectivity index (χ1n) is 10.7. The number of piperidine rings is 1. The summed E-state index contributed by atoms with van der Waals surface area (Å²) in [6, 6.07) is 11.1. The highest BCUT2D eigenvalue weighted by atomic mass is 32.2. The van der Waals surface area contributed by atoms with Gasteiger partial charge in [0.1, 0.15) is 5.75 Å². The molecule has 1 aliphatic rings. The standard InChI is InChI=1S/C24H30N2O5S/c1-16-6-5-7-17(2)26(16)32(29,30)22-11-9-21(10-12-22)25-24(28)15-20-14-19(18(3)27)8-13-23(20)31-4/h8-14,16-17H,5-7,15H2,1-4H3,(H,25,28). The second kappa shape index (κ2) is 9.83. The molecular weight excluding hydrogens is 428 g/mol. The summed E-state index contributed by atoms with van der Waals surface area (Å²) in [6.45, 7) is 5.35. The average Bonchev–Trinajstić information content (AvgIpc) is 2.73. The van der Waals surface area contributed by atoms with Crippen LogP contribution in [0.2, 0.25) is 0 Å². The average molecular weight is 459 g/mol. The van der Waals surface area contributed by atoms with Gasteiger partial charge in [0.2, 0.25) is 15.9 Å². The molecule has 1 aliphatic heterocycles. The normalized spacial score (nSPS) is 19.4. The van der Waals surface area contributed by atoms with E-state index in [1.54, 1.807) is 34.6 Å². The zero-order chi connectivity index (χ0) is 23.5. The summed E-state index contributed by atoms with van der Waals surface area (Å²) >= 11 is 0. The van der Waals surface area contributed by atoms with Crippen molar-refractivity contribution in [3.8, 4) is 5.75 Å². The lowest BCUT2D eigenvalue weighted by Crippen LogP contribution is -2.47. The molecule has 0 bridgehead atoms. The molecule has 1 amide bonds. The maximum Gasteiger partial charge on any atom is 0.243 e. The van der Waals surface area contributed by atoms with E-state index in [4.69, 9.17) is 4.74 Å². The van der Waals surface area contributed by atoms with Gasteiger partial charge in [-0.25, -0.2) is 8.42 Å². The van der Waals surface area contributed by atoms with Crippen molar-refractivity contribution in [1.82, 2.24) is 4.31 Å². The molecule has 0 saturated carbocycles. The highest BCUT2D eigenvalue weighted by Gasteiger charge is 2.35. The quantitative estimate of drug-likeness (QED) is 0.633. The Morgan fingerprint density at radius 1 is 1.06 bits per heavy atom. The lowest BCUT2D eigenvalue weighted by atomic mass is 10.0. The smallest absolute Gasteiger partial charge is 0.243 e. The predicted octanol–water partition coefficient (Wildman–Crippen LogP) is 4.03. The lowest BCUT2D eigenvalue weighted by molar-refractivity contribution is -0.115. The molecule has 7 nitrogen and oxygen atoms in total. The zero-order valence-corrected chi connectivity index (χ0v) is 19.7. The number of ketones is 1. The van der Waals surface area contributed by atoms with E-state index in [-0.39, 0.29) is 35.1 Å². The van der Waals surface area contributed by atoms with Crippen LogP contribution in [-0.2, 0) is 21.2 Å². The first kappa shape index (κ1) is 23.9. The molecule has 1 saturated heterocycles. The molecule has 1 heterocycles. The van der Waals surface area contributed by atoms with Gasteiger partial charge in [0, 0.05) is 28.9 Å². The summed E-state index contributed by atoms with van der Waals surface area (Å²) in [4.78, 5) is 24.4. The number of hydrogen-bond donors (Lipinski definition) is 1. The maximum atomic E-state index is 13.1. The fourth-order valence-electron chi connectivity index (χ4n) is 4.22. The number of carbonyl (C=O) groups excluding carboxylic acids is 2. The third-order valence-corrected chi connectivity index (χ3v) is 8.01. The summed E-state index contributed by atoms with van der Waals surface area (Å²) in [5.74, 6) is 0.137. The molecule has 8 heteroatoms. The van der Waals surface area contributed by atoms with Crippen molar-refractivity contribution in [2.24, 2.45) is 0 Å². The lowest BCUT2D eigenvalue weighted by Gasteiger charge is -2.37. The molecule has 2 atom stereocenters. The second-order valence-corrected chi connectivity index (χ2v) is 10.1. The van der Waals surface area contributed by atoms with Crippen LogP contribution in [0.1, 0.15) is 56.0 Å². The van der Waals surface area contributed by atoms with Gasteiger partial charge in [-0.15, -0.1) is 0 Å². The number of carbonyl (C=O) groups is 2. The molecule has 1 N–H and O–H groups in total. The number of nitrogens with zero attached hydrogens (tertiary/aromatic N) is 1. The van der Waals surface area contributed by atoms with Crippen LogP contribution in [0.5, 0.6) is 5.75 Å². The number of ether oxygens (including phenoxy) is 1. The Balaban J connectivity index is 1.73. The number of methoxy groups -OCH3 is 1. The maximum absolute atomic E-state index is 13.1. The van der Waals surface area contributed by atoms with E-state index < -0.39 is 10.0 Å². The molecule has 1 fully saturated rings. The Hall–Kier alpha value is -2.71. The van der Waals surface area contributed by atoms with E-state index in [0.29, 0.717) is 22.6 Å². The number of hydrogen-bond acceptors (Lipinski definition) is 5. The van der Waals surface area contributed by atoms with Crippen molar-refractivity contribution in [3.63, 3.8) is 0 Å². The molecule has 172 valence electrons. The topological polar surface area (TPSA) is 92.8 Å². The van der Waals surface area contributed by atoms with E-state index in [1.165, 1.54) is 26.2 Å². The fraction of sp³-hybridized carbons (Fsp3) is 0.417. The van der Waals surface area contributed by atoms with Crippen molar-refractivity contribution in [3.05, 3.63) is 53.6 Å². The second-order valence-electron chi connectivity index (χ2n) is 8.30. The van der Waals surface area contributed by atoms with Crippen LogP contribution in [0.15, 0.2) is 47.4 Å². The van der Waals surface area contributed by atoms with Gasteiger partial charge >= 0.3 is 0 Å². The third kappa shape index (κ3) is 5.19. The first-order chi connectivity index (χ1) is 15.1. The number of amides is 1. The molecule has 0 spiro atoms. The summed E-state index contributed by atoms with van der Waals surface area (Å²) in [5.41, 5.74) is 1.60. The molecule has 32 heavy (non-hydrogen) atoms. The van der Waals surface area contributed by atoms with E-state index in [1.807, 2.05) is 13.8 Å². The summed E-state index contributed by atoms with van der Waals surface area (Å²) in [5, 5.41) is 2.78. The number of anilines is 1. The Kier molecular flexibility index (Phi) is 7.36. The molecule has 0 radical (unpaired) electrons. The zero-order valence-electron chi connectivity index (χ0n) is 18.9. The summed E-state index contributed by atoms with van der Waals surface area (Å²) < 4.78 is 33.2. The molecule has 2 unspecified atom stereocenters. The molecule has 2 aromatic carbocycles. The van der Waals surface area contributed by atoms with Crippen molar-refractivity contribution < 1.29 is 22.7 Å². The van der Waals surface area contributed by atoms with Gasteiger partial charge in [-0.3, -0.25) is 9.59 Å². The predicted molar refractivity (Wildman–Crippen MR) is 124 cm³/mol. The Morgan fingerprint density at radius 2 is 1.69 bits per heavy atom. The van der Waals surface area contributed by atoms with Gasteiger partial charge in [0.05, 0.1) is 18.4 Å². The molecule has 3 rings (SSSR count). The van der Waals surface area contributed by atoms with Crippen LogP contribution in [0.25, 0.3) is 0 Å². The Bertz CT molecular complexity index is 1090. The SMILES string of the molecule is COc1ccc(C(C)=O)cc1CC(=O)Nc1ccc(S(=O)(=O)N2C(C)CCCC2C)cc1. The van der Waals surface area contributed by atoms with Crippen LogP contribution < -0.4 is 10.1 Å². The molecule has 2 aromatic rings.